The van der Waals surface area contributed by atoms with Crippen LogP contribution in [0.2, 0.25) is 9.36 Å². The number of aromatic nitrogens is 1. The number of phenolic OH excluding ortho intramolecular Hbond substituents is 1. The largest absolute Gasteiger partial charge is 0.508 e. The Morgan fingerprint density at radius 2 is 1.79 bits per heavy atom. The summed E-state index contributed by atoms with van der Waals surface area (Å²) in [6.45, 7) is 3.85. The summed E-state index contributed by atoms with van der Waals surface area (Å²) in [5, 5.41) is 13.0. The quantitative estimate of drug-likeness (QED) is 0.406. The molecule has 0 unspecified atom stereocenters. The third kappa shape index (κ3) is 5.06. The molecular formula is C25H25Cl2N3O3S. The summed E-state index contributed by atoms with van der Waals surface area (Å²) in [4.78, 5) is 29.1. The van der Waals surface area contributed by atoms with Crippen molar-refractivity contribution in [3.8, 4) is 5.75 Å². The number of aryl methyl sites for hydroxylation is 2. The van der Waals surface area contributed by atoms with Gasteiger partial charge in [0.25, 0.3) is 5.91 Å². The summed E-state index contributed by atoms with van der Waals surface area (Å²) in [6, 6.07) is 11.0. The van der Waals surface area contributed by atoms with Crippen molar-refractivity contribution >= 4 is 52.2 Å². The first-order valence-electron chi connectivity index (χ1n) is 11.1. The van der Waals surface area contributed by atoms with Crippen molar-refractivity contribution in [2.45, 2.75) is 51.6 Å². The molecule has 2 amide bonds. The maximum atomic E-state index is 13.9. The zero-order valence-corrected chi connectivity index (χ0v) is 21.2. The third-order valence-electron chi connectivity index (χ3n) is 6.05. The Labute approximate surface area is 212 Å². The molecule has 0 saturated heterocycles. The third-order valence-corrected chi connectivity index (χ3v) is 7.66. The molecular weight excluding hydrogens is 493 g/mol. The lowest BCUT2D eigenvalue weighted by atomic mass is 10.00. The second kappa shape index (κ2) is 10.3. The summed E-state index contributed by atoms with van der Waals surface area (Å²) in [7, 11) is 0. The number of hydrogen-bond acceptors (Lipinski definition) is 5. The van der Waals surface area contributed by atoms with Crippen LogP contribution >= 0.6 is 34.7 Å². The number of amides is 2. The Kier molecular flexibility index (Phi) is 7.45. The number of halogens is 2. The van der Waals surface area contributed by atoms with Gasteiger partial charge in [-0.2, -0.15) is 4.37 Å². The summed E-state index contributed by atoms with van der Waals surface area (Å²) < 4.78 is 4.39. The van der Waals surface area contributed by atoms with E-state index in [1.165, 1.54) is 17.0 Å². The molecule has 1 atom stereocenters. The van der Waals surface area contributed by atoms with Crippen LogP contribution in [0.5, 0.6) is 5.75 Å². The van der Waals surface area contributed by atoms with Crippen LogP contribution in [0.4, 0.5) is 5.69 Å². The van der Waals surface area contributed by atoms with Crippen molar-refractivity contribution < 1.29 is 14.7 Å². The van der Waals surface area contributed by atoms with Crippen molar-refractivity contribution in [1.82, 2.24) is 9.69 Å². The normalized spacial score (nSPS) is 14.7. The van der Waals surface area contributed by atoms with E-state index in [1.807, 2.05) is 32.0 Å². The summed E-state index contributed by atoms with van der Waals surface area (Å²) in [6.07, 6.45) is 3.92. The first-order valence-corrected chi connectivity index (χ1v) is 12.6. The van der Waals surface area contributed by atoms with Crippen molar-refractivity contribution in [3.63, 3.8) is 0 Å². The number of phenols is 1. The summed E-state index contributed by atoms with van der Waals surface area (Å²) in [5.41, 5.74) is 2.96. The van der Waals surface area contributed by atoms with E-state index in [-0.39, 0.29) is 32.8 Å². The minimum absolute atomic E-state index is 0.00548. The predicted molar refractivity (Wildman–Crippen MR) is 136 cm³/mol. The molecule has 1 fully saturated rings. The van der Waals surface area contributed by atoms with E-state index >= 15 is 0 Å². The molecule has 0 radical (unpaired) electrons. The van der Waals surface area contributed by atoms with E-state index in [1.54, 1.807) is 12.1 Å². The average molecular weight is 518 g/mol. The molecule has 9 heteroatoms. The van der Waals surface area contributed by atoms with Crippen LogP contribution in [-0.2, 0) is 4.79 Å². The molecule has 1 aromatic heterocycles. The number of benzene rings is 2. The number of anilines is 1. The number of rotatable bonds is 6. The van der Waals surface area contributed by atoms with Crippen molar-refractivity contribution in [3.05, 3.63) is 74.2 Å². The number of hydrogen-bond donors (Lipinski definition) is 2. The zero-order valence-electron chi connectivity index (χ0n) is 18.8. The highest BCUT2D eigenvalue weighted by Crippen LogP contribution is 2.37. The summed E-state index contributed by atoms with van der Waals surface area (Å²) >= 11 is 13.4. The Morgan fingerprint density at radius 1 is 1.12 bits per heavy atom. The Hall–Kier alpha value is -2.61. The van der Waals surface area contributed by atoms with Crippen molar-refractivity contribution in [2.24, 2.45) is 0 Å². The van der Waals surface area contributed by atoms with E-state index in [0.717, 1.165) is 48.3 Å². The highest BCUT2D eigenvalue weighted by Gasteiger charge is 2.37. The molecule has 0 aliphatic heterocycles. The van der Waals surface area contributed by atoms with Gasteiger partial charge in [0.1, 0.15) is 21.2 Å². The molecule has 4 rings (SSSR count). The lowest BCUT2D eigenvalue weighted by molar-refractivity contribution is -0.123. The van der Waals surface area contributed by atoms with Gasteiger partial charge in [0.05, 0.1) is 0 Å². The minimum Gasteiger partial charge on any atom is -0.508 e. The van der Waals surface area contributed by atoms with E-state index in [9.17, 15) is 14.7 Å². The molecule has 2 aromatic carbocycles. The van der Waals surface area contributed by atoms with Gasteiger partial charge in [-0.15, -0.1) is 0 Å². The molecule has 0 spiro atoms. The van der Waals surface area contributed by atoms with Crippen molar-refractivity contribution in [2.75, 3.05) is 4.90 Å². The lowest BCUT2D eigenvalue weighted by Crippen LogP contribution is -2.46. The van der Waals surface area contributed by atoms with Gasteiger partial charge in [0.2, 0.25) is 5.91 Å². The van der Waals surface area contributed by atoms with Crippen LogP contribution in [0.25, 0.3) is 0 Å². The fourth-order valence-electron chi connectivity index (χ4n) is 4.37. The first-order chi connectivity index (χ1) is 16.3. The van der Waals surface area contributed by atoms with Crippen molar-refractivity contribution in [1.29, 1.82) is 0 Å². The molecule has 2 N–H and O–H groups in total. The highest BCUT2D eigenvalue weighted by atomic mass is 35.5. The molecule has 0 bridgehead atoms. The van der Waals surface area contributed by atoms with Gasteiger partial charge >= 0.3 is 0 Å². The second-order valence-electron chi connectivity index (χ2n) is 8.57. The molecule has 1 heterocycles. The average Bonchev–Trinajstić information content (AvgIpc) is 3.43. The smallest absolute Gasteiger partial charge is 0.280 e. The van der Waals surface area contributed by atoms with Crippen LogP contribution in [-0.4, -0.2) is 27.3 Å². The van der Waals surface area contributed by atoms with E-state index in [2.05, 4.69) is 9.69 Å². The molecule has 3 aromatic rings. The van der Waals surface area contributed by atoms with Crippen LogP contribution in [0.1, 0.15) is 58.9 Å². The lowest BCUT2D eigenvalue weighted by Gasteiger charge is -2.33. The SMILES string of the molecule is Cc1ccc(N(C(=O)c2nsc(Cl)c2Cl)[C@H](C(=O)NC2CCCC2)c2ccc(O)cc2)c(C)c1. The maximum Gasteiger partial charge on any atom is 0.280 e. The minimum atomic E-state index is -1.01. The number of nitrogens with zero attached hydrogens (tertiary/aromatic N) is 2. The fraction of sp³-hybridized carbons (Fsp3) is 0.320. The molecule has 1 aliphatic carbocycles. The van der Waals surface area contributed by atoms with Gasteiger partial charge in [0.15, 0.2) is 5.69 Å². The number of carbonyl (C=O) groups is 2. The number of carbonyl (C=O) groups excluding carboxylic acids is 2. The Morgan fingerprint density at radius 3 is 2.38 bits per heavy atom. The van der Waals surface area contributed by atoms with Gasteiger partial charge in [-0.05, 0) is 67.5 Å². The fourth-order valence-corrected chi connectivity index (χ4v) is 5.36. The number of aromatic hydroxyl groups is 1. The van der Waals surface area contributed by atoms with E-state index in [4.69, 9.17) is 23.2 Å². The number of nitrogens with one attached hydrogen (secondary N) is 1. The highest BCUT2D eigenvalue weighted by molar-refractivity contribution is 7.11. The van der Waals surface area contributed by atoms with Gasteiger partial charge in [-0.3, -0.25) is 14.5 Å². The van der Waals surface area contributed by atoms with Crippen LogP contribution in [0.3, 0.4) is 0 Å². The molecule has 178 valence electrons. The predicted octanol–water partition coefficient (Wildman–Crippen LogP) is 6.22. The van der Waals surface area contributed by atoms with Gasteiger partial charge in [-0.25, -0.2) is 0 Å². The van der Waals surface area contributed by atoms with E-state index < -0.39 is 11.9 Å². The first kappa shape index (κ1) is 24.5. The zero-order chi connectivity index (χ0) is 24.4. The van der Waals surface area contributed by atoms with Crippen LogP contribution < -0.4 is 10.2 Å². The topological polar surface area (TPSA) is 82.5 Å². The second-order valence-corrected chi connectivity index (χ2v) is 10.3. The van der Waals surface area contributed by atoms with Crippen LogP contribution in [0, 0.1) is 13.8 Å². The van der Waals surface area contributed by atoms with Gasteiger partial charge < -0.3 is 10.4 Å². The van der Waals surface area contributed by atoms with Gasteiger partial charge in [0, 0.05) is 11.7 Å². The molecule has 1 aliphatic rings. The Balaban J connectivity index is 1.87. The molecule has 1 saturated carbocycles. The molecule has 34 heavy (non-hydrogen) atoms. The monoisotopic (exact) mass is 517 g/mol. The Bertz CT molecular complexity index is 1210. The standard InChI is InChI=1S/C25H25Cl2N3O3S/c1-14-7-12-19(15(2)13-14)30(25(33)21-20(26)23(27)34-29-21)22(16-8-10-18(31)11-9-16)24(32)28-17-5-3-4-6-17/h7-13,17,22,31H,3-6H2,1-2H3,(H,28,32)/t22-/m0/s1. The van der Waals surface area contributed by atoms with Crippen LogP contribution in [0.15, 0.2) is 42.5 Å². The van der Waals surface area contributed by atoms with E-state index in [0.29, 0.717) is 11.3 Å². The summed E-state index contributed by atoms with van der Waals surface area (Å²) in [5.74, 6) is -0.763. The van der Waals surface area contributed by atoms with Gasteiger partial charge in [-0.1, -0.05) is 65.9 Å². The maximum absolute atomic E-state index is 13.9. The molecule has 6 nitrogen and oxygen atoms in total.